The molecule has 2 rings (SSSR count). The third-order valence-corrected chi connectivity index (χ3v) is 2.95. The maximum absolute atomic E-state index is 5.68. The number of rotatable bonds is 1. The molecule has 0 aliphatic carbocycles. The van der Waals surface area contributed by atoms with Crippen molar-refractivity contribution in [1.82, 2.24) is 0 Å². The molecule has 0 amide bonds. The fourth-order valence-electron chi connectivity index (χ4n) is 1.45. The average Bonchev–Trinajstić information content (AvgIpc) is 2.19. The van der Waals surface area contributed by atoms with Crippen LogP contribution in [-0.2, 0) is 0 Å². The van der Waals surface area contributed by atoms with E-state index in [1.807, 2.05) is 18.2 Å². The lowest BCUT2D eigenvalue weighted by Crippen LogP contribution is -2.15. The zero-order valence-corrected chi connectivity index (χ0v) is 8.13. The first-order valence-corrected chi connectivity index (χ1v) is 5.36. The Morgan fingerprint density at radius 1 is 1.31 bits per heavy atom. The Hall–Kier alpha value is -0.960. The molecular formula is C10H12N2S. The van der Waals surface area contributed by atoms with E-state index in [-0.39, 0.29) is 6.04 Å². The van der Waals surface area contributed by atoms with Crippen molar-refractivity contribution in [2.24, 2.45) is 10.7 Å². The Kier molecular flexibility index (Phi) is 2.54. The van der Waals surface area contributed by atoms with E-state index >= 15 is 0 Å². The fraction of sp³-hybridized carbons (Fsp3) is 0.300. The van der Waals surface area contributed by atoms with Crippen molar-refractivity contribution in [2.45, 2.75) is 12.5 Å². The van der Waals surface area contributed by atoms with E-state index in [0.29, 0.717) is 0 Å². The molecule has 1 aliphatic rings. The molecule has 0 fully saturated rings. The van der Waals surface area contributed by atoms with Crippen LogP contribution in [0, 0.1) is 0 Å². The number of amidine groups is 1. The summed E-state index contributed by atoms with van der Waals surface area (Å²) in [5, 5.41) is 0.722. The van der Waals surface area contributed by atoms with Gasteiger partial charge in [-0.3, -0.25) is 4.99 Å². The van der Waals surface area contributed by atoms with Crippen molar-refractivity contribution in [3.63, 3.8) is 0 Å². The molecule has 0 radical (unpaired) electrons. The molecular weight excluding hydrogens is 180 g/mol. The van der Waals surface area contributed by atoms with Gasteiger partial charge in [-0.15, -0.1) is 0 Å². The van der Waals surface area contributed by atoms with Gasteiger partial charge >= 0.3 is 0 Å². The molecule has 1 aromatic carbocycles. The summed E-state index contributed by atoms with van der Waals surface area (Å²) in [6.07, 6.45) is 1.09. The predicted molar refractivity (Wildman–Crippen MR) is 57.9 cm³/mol. The molecule has 0 aromatic heterocycles. The molecule has 1 heterocycles. The molecule has 0 spiro atoms. The van der Waals surface area contributed by atoms with Crippen molar-refractivity contribution < 1.29 is 0 Å². The summed E-state index contributed by atoms with van der Waals surface area (Å²) in [7, 11) is 0. The van der Waals surface area contributed by atoms with E-state index in [4.69, 9.17) is 5.73 Å². The van der Waals surface area contributed by atoms with Gasteiger partial charge in [-0.2, -0.15) is 0 Å². The Morgan fingerprint density at radius 3 is 2.77 bits per heavy atom. The van der Waals surface area contributed by atoms with Crippen LogP contribution in [-0.4, -0.2) is 10.9 Å². The highest BCUT2D eigenvalue weighted by atomic mass is 32.2. The van der Waals surface area contributed by atoms with Crippen LogP contribution in [0.15, 0.2) is 35.3 Å². The molecule has 2 N–H and O–H groups in total. The van der Waals surface area contributed by atoms with Gasteiger partial charge in [0.05, 0.1) is 6.04 Å². The molecule has 13 heavy (non-hydrogen) atoms. The summed E-state index contributed by atoms with van der Waals surface area (Å²) in [6, 6.07) is 10.6. The van der Waals surface area contributed by atoms with E-state index < -0.39 is 0 Å². The first-order valence-electron chi connectivity index (χ1n) is 4.37. The molecule has 0 saturated carbocycles. The first-order chi connectivity index (χ1) is 6.36. The third kappa shape index (κ3) is 2.04. The van der Waals surface area contributed by atoms with E-state index in [0.717, 1.165) is 17.3 Å². The maximum Gasteiger partial charge on any atom is 0.154 e. The summed E-state index contributed by atoms with van der Waals surface area (Å²) in [6.45, 7) is 0. The van der Waals surface area contributed by atoms with Crippen LogP contribution >= 0.6 is 11.8 Å². The lowest BCUT2D eigenvalue weighted by Gasteiger charge is -2.17. The van der Waals surface area contributed by atoms with Crippen LogP contribution in [0.3, 0.4) is 0 Å². The second kappa shape index (κ2) is 3.83. The van der Waals surface area contributed by atoms with Crippen LogP contribution in [0.5, 0.6) is 0 Å². The van der Waals surface area contributed by atoms with Gasteiger partial charge in [0, 0.05) is 5.75 Å². The quantitative estimate of drug-likeness (QED) is 0.740. The van der Waals surface area contributed by atoms with Crippen molar-refractivity contribution in [3.8, 4) is 0 Å². The highest BCUT2D eigenvalue weighted by molar-refractivity contribution is 8.13. The zero-order chi connectivity index (χ0) is 9.10. The number of nitrogens with two attached hydrogens (primary N) is 1. The fourth-order valence-corrected chi connectivity index (χ4v) is 2.20. The molecule has 1 unspecified atom stereocenters. The number of aliphatic imine (C=N–C) groups is 1. The first kappa shape index (κ1) is 8.63. The molecule has 2 nitrogen and oxygen atoms in total. The summed E-state index contributed by atoms with van der Waals surface area (Å²) in [5.41, 5.74) is 6.94. The van der Waals surface area contributed by atoms with Crippen molar-refractivity contribution in [1.29, 1.82) is 0 Å². The SMILES string of the molecule is NC1=NC(c2ccccc2)CCS1. The summed E-state index contributed by atoms with van der Waals surface area (Å²) >= 11 is 1.64. The molecule has 1 aliphatic heterocycles. The third-order valence-electron chi connectivity index (χ3n) is 2.11. The van der Waals surface area contributed by atoms with E-state index in [2.05, 4.69) is 17.1 Å². The lowest BCUT2D eigenvalue weighted by atomic mass is 10.1. The number of thioether (sulfide) groups is 1. The number of hydrogen-bond donors (Lipinski definition) is 1. The topological polar surface area (TPSA) is 38.4 Å². The molecule has 0 saturated heterocycles. The van der Waals surface area contributed by atoms with E-state index in [9.17, 15) is 0 Å². The second-order valence-electron chi connectivity index (χ2n) is 3.03. The highest BCUT2D eigenvalue weighted by Crippen LogP contribution is 2.27. The molecule has 1 aromatic rings. The standard InChI is InChI=1S/C10H12N2S/c11-10-12-9(6-7-13-10)8-4-2-1-3-5-8/h1-5,9H,6-7H2,(H2,11,12). The largest absolute Gasteiger partial charge is 0.379 e. The molecule has 0 bridgehead atoms. The highest BCUT2D eigenvalue weighted by Gasteiger charge is 2.14. The van der Waals surface area contributed by atoms with Crippen LogP contribution in [0.2, 0.25) is 0 Å². The average molecular weight is 192 g/mol. The minimum absolute atomic E-state index is 0.280. The minimum Gasteiger partial charge on any atom is -0.379 e. The Labute approximate surface area is 82.2 Å². The monoisotopic (exact) mass is 192 g/mol. The zero-order valence-electron chi connectivity index (χ0n) is 7.31. The van der Waals surface area contributed by atoms with E-state index in [1.165, 1.54) is 5.56 Å². The Balaban J connectivity index is 2.22. The van der Waals surface area contributed by atoms with Gasteiger partial charge in [-0.25, -0.2) is 0 Å². The van der Waals surface area contributed by atoms with Gasteiger partial charge in [-0.05, 0) is 12.0 Å². The van der Waals surface area contributed by atoms with Gasteiger partial charge in [0.2, 0.25) is 0 Å². The van der Waals surface area contributed by atoms with Gasteiger partial charge in [0.25, 0.3) is 0 Å². The maximum atomic E-state index is 5.68. The number of hydrogen-bond acceptors (Lipinski definition) is 3. The van der Waals surface area contributed by atoms with Crippen LogP contribution < -0.4 is 5.73 Å². The smallest absolute Gasteiger partial charge is 0.154 e. The Bertz CT molecular complexity index is 308. The van der Waals surface area contributed by atoms with Gasteiger partial charge < -0.3 is 5.73 Å². The number of nitrogens with zero attached hydrogens (tertiary/aromatic N) is 1. The van der Waals surface area contributed by atoms with Crippen molar-refractivity contribution in [2.75, 3.05) is 5.75 Å². The van der Waals surface area contributed by atoms with Crippen molar-refractivity contribution >= 4 is 16.9 Å². The summed E-state index contributed by atoms with van der Waals surface area (Å²) < 4.78 is 0. The van der Waals surface area contributed by atoms with Gasteiger partial charge in [0.1, 0.15) is 0 Å². The van der Waals surface area contributed by atoms with Gasteiger partial charge in [-0.1, -0.05) is 42.1 Å². The van der Waals surface area contributed by atoms with Crippen LogP contribution in [0.4, 0.5) is 0 Å². The van der Waals surface area contributed by atoms with Crippen LogP contribution in [0.25, 0.3) is 0 Å². The van der Waals surface area contributed by atoms with Crippen LogP contribution in [0.1, 0.15) is 18.0 Å². The normalized spacial score (nSPS) is 22.5. The minimum atomic E-state index is 0.280. The second-order valence-corrected chi connectivity index (χ2v) is 4.15. The summed E-state index contributed by atoms with van der Waals surface area (Å²) in [4.78, 5) is 4.41. The number of benzene rings is 1. The Morgan fingerprint density at radius 2 is 2.08 bits per heavy atom. The molecule has 68 valence electrons. The van der Waals surface area contributed by atoms with E-state index in [1.54, 1.807) is 11.8 Å². The van der Waals surface area contributed by atoms with Crippen molar-refractivity contribution in [3.05, 3.63) is 35.9 Å². The molecule has 3 heteroatoms. The summed E-state index contributed by atoms with van der Waals surface area (Å²) in [5.74, 6) is 1.08. The molecule has 1 atom stereocenters. The van der Waals surface area contributed by atoms with Gasteiger partial charge in [0.15, 0.2) is 5.17 Å². The lowest BCUT2D eigenvalue weighted by molar-refractivity contribution is 0.704. The predicted octanol–water partition coefficient (Wildman–Crippen LogP) is 2.18.